The van der Waals surface area contributed by atoms with E-state index in [1.165, 1.54) is 21.9 Å². The molecule has 3 heteroatoms. The monoisotopic (exact) mass is 282 g/mol. The van der Waals surface area contributed by atoms with E-state index in [9.17, 15) is 0 Å². The van der Waals surface area contributed by atoms with Gasteiger partial charge in [-0.05, 0) is 52.4 Å². The molecule has 2 aromatic heterocycles. The maximum Gasteiger partial charge on any atom is 0.0591 e. The van der Waals surface area contributed by atoms with Crippen molar-refractivity contribution < 1.29 is 0 Å². The number of nitrogens with one attached hydrogen (secondary N) is 1. The van der Waals surface area contributed by atoms with E-state index in [0.29, 0.717) is 0 Å². The standard InChI is InChI=1S/C17H18N2S/c1-2-8-19-17(14-7-10-20-12-14)16-5-3-4-13-11-18-9-6-15(13)16/h3-7,9-12,17,19H,2,8H2,1H3. The first-order valence-corrected chi connectivity index (χ1v) is 7.92. The van der Waals surface area contributed by atoms with E-state index in [0.717, 1.165) is 13.0 Å². The molecule has 102 valence electrons. The molecule has 0 spiro atoms. The van der Waals surface area contributed by atoms with Gasteiger partial charge in [0.15, 0.2) is 0 Å². The average Bonchev–Trinajstić information content (AvgIpc) is 3.02. The van der Waals surface area contributed by atoms with Crippen molar-refractivity contribution >= 4 is 22.1 Å². The molecule has 1 aromatic carbocycles. The Morgan fingerprint density at radius 2 is 2.20 bits per heavy atom. The van der Waals surface area contributed by atoms with Gasteiger partial charge in [-0.15, -0.1) is 0 Å². The van der Waals surface area contributed by atoms with Gasteiger partial charge >= 0.3 is 0 Å². The number of benzene rings is 1. The van der Waals surface area contributed by atoms with Crippen molar-refractivity contribution in [3.8, 4) is 0 Å². The predicted octanol–water partition coefficient (Wildman–Crippen LogP) is 4.39. The van der Waals surface area contributed by atoms with E-state index in [-0.39, 0.29) is 6.04 Å². The molecule has 2 nitrogen and oxygen atoms in total. The highest BCUT2D eigenvalue weighted by Crippen LogP contribution is 2.29. The van der Waals surface area contributed by atoms with Gasteiger partial charge in [0.2, 0.25) is 0 Å². The molecular weight excluding hydrogens is 264 g/mol. The van der Waals surface area contributed by atoms with E-state index >= 15 is 0 Å². The molecule has 0 fully saturated rings. The fourth-order valence-corrected chi connectivity index (χ4v) is 3.22. The van der Waals surface area contributed by atoms with Gasteiger partial charge in [-0.3, -0.25) is 4.98 Å². The first kappa shape index (κ1) is 13.3. The molecule has 0 radical (unpaired) electrons. The molecule has 0 saturated carbocycles. The number of aromatic nitrogens is 1. The SMILES string of the molecule is CCCNC(c1ccsc1)c1cccc2cnccc12. The lowest BCUT2D eigenvalue weighted by Crippen LogP contribution is -2.23. The summed E-state index contributed by atoms with van der Waals surface area (Å²) in [4.78, 5) is 4.22. The quantitative estimate of drug-likeness (QED) is 0.751. The average molecular weight is 282 g/mol. The summed E-state index contributed by atoms with van der Waals surface area (Å²) >= 11 is 1.75. The van der Waals surface area contributed by atoms with Gasteiger partial charge < -0.3 is 5.32 Å². The second-order valence-electron chi connectivity index (χ2n) is 4.89. The van der Waals surface area contributed by atoms with Crippen LogP contribution in [0.25, 0.3) is 10.8 Å². The van der Waals surface area contributed by atoms with Crippen molar-refractivity contribution in [1.29, 1.82) is 0 Å². The lowest BCUT2D eigenvalue weighted by molar-refractivity contribution is 0.603. The summed E-state index contributed by atoms with van der Waals surface area (Å²) in [5.74, 6) is 0. The van der Waals surface area contributed by atoms with Crippen LogP contribution in [-0.2, 0) is 0 Å². The predicted molar refractivity (Wildman–Crippen MR) is 86.2 cm³/mol. The van der Waals surface area contributed by atoms with E-state index < -0.39 is 0 Å². The normalized spacial score (nSPS) is 12.7. The van der Waals surface area contributed by atoms with Crippen LogP contribution in [0, 0.1) is 0 Å². The van der Waals surface area contributed by atoms with Crippen molar-refractivity contribution in [1.82, 2.24) is 10.3 Å². The van der Waals surface area contributed by atoms with Gasteiger partial charge in [0.1, 0.15) is 0 Å². The second-order valence-corrected chi connectivity index (χ2v) is 5.67. The summed E-state index contributed by atoms with van der Waals surface area (Å²) in [6, 6.07) is 11.0. The van der Waals surface area contributed by atoms with Crippen LogP contribution < -0.4 is 5.32 Å². The largest absolute Gasteiger partial charge is 0.306 e. The summed E-state index contributed by atoms with van der Waals surface area (Å²) in [5.41, 5.74) is 2.67. The number of hydrogen-bond acceptors (Lipinski definition) is 3. The zero-order chi connectivity index (χ0) is 13.8. The molecule has 2 heterocycles. The number of rotatable bonds is 5. The van der Waals surface area contributed by atoms with E-state index in [2.05, 4.69) is 58.3 Å². The molecule has 0 amide bonds. The Labute approximate surface area is 123 Å². The van der Waals surface area contributed by atoms with Crippen molar-refractivity contribution in [2.24, 2.45) is 0 Å². The molecule has 1 N–H and O–H groups in total. The Morgan fingerprint density at radius 3 is 3.00 bits per heavy atom. The first-order chi connectivity index (χ1) is 9.90. The molecule has 0 saturated heterocycles. The second kappa shape index (κ2) is 6.16. The van der Waals surface area contributed by atoms with E-state index in [1.807, 2.05) is 12.4 Å². The third kappa shape index (κ3) is 2.60. The van der Waals surface area contributed by atoms with Crippen LogP contribution in [0.1, 0.15) is 30.5 Å². The third-order valence-corrected chi connectivity index (χ3v) is 4.20. The van der Waals surface area contributed by atoms with Crippen LogP contribution in [0.4, 0.5) is 0 Å². The van der Waals surface area contributed by atoms with E-state index in [4.69, 9.17) is 0 Å². The molecule has 3 rings (SSSR count). The summed E-state index contributed by atoms with van der Waals surface area (Å²) in [6.45, 7) is 3.21. The Hall–Kier alpha value is -1.71. The Bertz CT molecular complexity index is 671. The highest BCUT2D eigenvalue weighted by Gasteiger charge is 2.16. The van der Waals surface area contributed by atoms with Crippen LogP contribution in [0.2, 0.25) is 0 Å². The zero-order valence-corrected chi connectivity index (χ0v) is 12.4. The molecular formula is C17H18N2S. The summed E-state index contributed by atoms with van der Waals surface area (Å²) in [6.07, 6.45) is 4.94. The molecule has 3 aromatic rings. The van der Waals surface area contributed by atoms with Gasteiger partial charge in [0, 0.05) is 17.8 Å². The zero-order valence-electron chi connectivity index (χ0n) is 11.5. The van der Waals surface area contributed by atoms with Crippen LogP contribution in [0.15, 0.2) is 53.5 Å². The lowest BCUT2D eigenvalue weighted by atomic mass is 9.96. The summed E-state index contributed by atoms with van der Waals surface area (Å²) in [7, 11) is 0. The van der Waals surface area contributed by atoms with Crippen LogP contribution in [0.5, 0.6) is 0 Å². The molecule has 0 aliphatic heterocycles. The fourth-order valence-electron chi connectivity index (χ4n) is 2.53. The maximum absolute atomic E-state index is 4.22. The number of thiophene rings is 1. The van der Waals surface area contributed by atoms with Crippen molar-refractivity contribution in [3.63, 3.8) is 0 Å². The summed E-state index contributed by atoms with van der Waals surface area (Å²) < 4.78 is 0. The highest BCUT2D eigenvalue weighted by atomic mass is 32.1. The fraction of sp³-hybridized carbons (Fsp3) is 0.235. The van der Waals surface area contributed by atoms with Gasteiger partial charge in [0.05, 0.1) is 6.04 Å². The maximum atomic E-state index is 4.22. The minimum absolute atomic E-state index is 0.257. The van der Waals surface area contributed by atoms with Crippen molar-refractivity contribution in [2.75, 3.05) is 6.54 Å². The lowest BCUT2D eigenvalue weighted by Gasteiger charge is -2.20. The van der Waals surface area contributed by atoms with Crippen LogP contribution >= 0.6 is 11.3 Å². The highest BCUT2D eigenvalue weighted by molar-refractivity contribution is 7.08. The number of pyridine rings is 1. The van der Waals surface area contributed by atoms with Crippen LogP contribution in [0.3, 0.4) is 0 Å². The van der Waals surface area contributed by atoms with Gasteiger partial charge in [-0.25, -0.2) is 0 Å². The Morgan fingerprint density at radius 1 is 1.25 bits per heavy atom. The van der Waals surface area contributed by atoms with Crippen molar-refractivity contribution in [3.05, 3.63) is 64.6 Å². The van der Waals surface area contributed by atoms with E-state index in [1.54, 1.807) is 11.3 Å². The third-order valence-electron chi connectivity index (χ3n) is 3.50. The minimum Gasteiger partial charge on any atom is -0.306 e. The first-order valence-electron chi connectivity index (χ1n) is 6.98. The molecule has 1 unspecified atom stereocenters. The topological polar surface area (TPSA) is 24.9 Å². The molecule has 1 atom stereocenters. The smallest absolute Gasteiger partial charge is 0.0591 e. The van der Waals surface area contributed by atoms with Gasteiger partial charge in [-0.1, -0.05) is 25.1 Å². The van der Waals surface area contributed by atoms with Gasteiger partial charge in [0.25, 0.3) is 0 Å². The number of fused-ring (bicyclic) bond motifs is 1. The van der Waals surface area contributed by atoms with Crippen LogP contribution in [-0.4, -0.2) is 11.5 Å². The molecule has 0 aliphatic rings. The molecule has 20 heavy (non-hydrogen) atoms. The minimum atomic E-state index is 0.257. The molecule has 0 bridgehead atoms. The summed E-state index contributed by atoms with van der Waals surface area (Å²) in [5, 5.41) is 10.5. The Balaban J connectivity index is 2.09. The number of hydrogen-bond donors (Lipinski definition) is 1. The number of nitrogens with zero attached hydrogens (tertiary/aromatic N) is 1. The Kier molecular flexibility index (Phi) is 4.09. The molecule has 0 aliphatic carbocycles. The van der Waals surface area contributed by atoms with Crippen molar-refractivity contribution in [2.45, 2.75) is 19.4 Å². The van der Waals surface area contributed by atoms with Gasteiger partial charge in [-0.2, -0.15) is 11.3 Å².